The molecule has 0 radical (unpaired) electrons. The standard InChI is InChI=1S/C28H25N3O6S/c1-18-7-9-22(15-19(18)2)36-13-11-35-12-14-37-25-10-8-21(31(33)34)16-20(25)17-26-27(32)30-24-6-4-3-5-23(24)29-28(30)38-26/h3-10,15-17H,11-14H2,1-2H3/b26-17+. The van der Waals surface area contributed by atoms with Gasteiger partial charge in [0.1, 0.15) is 24.7 Å². The van der Waals surface area contributed by atoms with E-state index in [-0.39, 0.29) is 17.9 Å². The Hall–Kier alpha value is -4.28. The maximum absolute atomic E-state index is 13.1. The van der Waals surface area contributed by atoms with Crippen LogP contribution in [0.25, 0.3) is 22.1 Å². The lowest BCUT2D eigenvalue weighted by molar-refractivity contribution is -0.384. The first-order valence-corrected chi connectivity index (χ1v) is 12.8. The number of nitrogens with zero attached hydrogens (tertiary/aromatic N) is 3. The second-order valence-corrected chi connectivity index (χ2v) is 9.68. The van der Waals surface area contributed by atoms with Gasteiger partial charge in [-0.1, -0.05) is 29.5 Å². The number of non-ortho nitro benzene ring substituents is 1. The zero-order chi connectivity index (χ0) is 26.6. The van der Waals surface area contributed by atoms with Crippen LogP contribution in [-0.2, 0) is 4.74 Å². The molecule has 0 aliphatic rings. The lowest BCUT2D eigenvalue weighted by atomic mass is 10.1. The monoisotopic (exact) mass is 531 g/mol. The van der Waals surface area contributed by atoms with Gasteiger partial charge in [-0.25, -0.2) is 9.38 Å². The number of benzene rings is 3. The summed E-state index contributed by atoms with van der Waals surface area (Å²) >= 11 is 1.22. The zero-order valence-corrected chi connectivity index (χ0v) is 21.7. The Morgan fingerprint density at radius 1 is 0.974 bits per heavy atom. The molecule has 0 amide bonds. The van der Waals surface area contributed by atoms with Gasteiger partial charge in [0.15, 0.2) is 4.96 Å². The molecule has 0 fully saturated rings. The molecule has 0 unspecified atom stereocenters. The van der Waals surface area contributed by atoms with E-state index in [4.69, 9.17) is 14.2 Å². The van der Waals surface area contributed by atoms with Crippen LogP contribution in [0.1, 0.15) is 16.7 Å². The third-order valence-corrected chi connectivity index (χ3v) is 7.06. The number of nitro groups is 1. The third kappa shape index (κ3) is 5.36. The molecule has 0 saturated heterocycles. The van der Waals surface area contributed by atoms with E-state index in [1.165, 1.54) is 40.7 Å². The van der Waals surface area contributed by atoms with Gasteiger partial charge in [0, 0.05) is 17.7 Å². The van der Waals surface area contributed by atoms with Crippen LogP contribution in [-0.4, -0.2) is 40.7 Å². The lowest BCUT2D eigenvalue weighted by Crippen LogP contribution is -2.22. The maximum Gasteiger partial charge on any atom is 0.274 e. The van der Waals surface area contributed by atoms with Crippen LogP contribution in [0.3, 0.4) is 0 Å². The van der Waals surface area contributed by atoms with Gasteiger partial charge in [-0.05, 0) is 61.4 Å². The molecule has 0 spiro atoms. The number of aromatic nitrogens is 2. The third-order valence-electron chi connectivity index (χ3n) is 6.10. The van der Waals surface area contributed by atoms with E-state index in [2.05, 4.69) is 11.9 Å². The summed E-state index contributed by atoms with van der Waals surface area (Å²) < 4.78 is 19.1. The molecular formula is C28H25N3O6S. The second-order valence-electron chi connectivity index (χ2n) is 8.67. The van der Waals surface area contributed by atoms with Crippen LogP contribution in [0, 0.1) is 24.0 Å². The summed E-state index contributed by atoms with van der Waals surface area (Å²) in [6.07, 6.45) is 1.61. The molecule has 5 rings (SSSR count). The number of ether oxygens (including phenoxy) is 3. The SMILES string of the molecule is Cc1ccc(OCCOCCOc2ccc([N+](=O)[O-])cc2/C=c2/sc3nc4ccccc4n3c2=O)cc1C. The van der Waals surface area contributed by atoms with Gasteiger partial charge in [0.25, 0.3) is 11.2 Å². The normalized spacial score (nSPS) is 11.9. The summed E-state index contributed by atoms with van der Waals surface area (Å²) in [5.41, 5.74) is 3.94. The molecular weight excluding hydrogens is 506 g/mol. The highest BCUT2D eigenvalue weighted by Gasteiger charge is 2.14. The predicted molar refractivity (Wildman–Crippen MR) is 146 cm³/mol. The number of imidazole rings is 1. The van der Waals surface area contributed by atoms with Crippen molar-refractivity contribution in [3.05, 3.63) is 102 Å². The van der Waals surface area contributed by atoms with Crippen molar-refractivity contribution < 1.29 is 19.1 Å². The van der Waals surface area contributed by atoms with Crippen molar-refractivity contribution in [2.24, 2.45) is 0 Å². The summed E-state index contributed by atoms with van der Waals surface area (Å²) in [4.78, 5) is 29.1. The lowest BCUT2D eigenvalue weighted by Gasteiger charge is -2.11. The van der Waals surface area contributed by atoms with Crippen molar-refractivity contribution in [2.75, 3.05) is 26.4 Å². The van der Waals surface area contributed by atoms with E-state index in [9.17, 15) is 14.9 Å². The largest absolute Gasteiger partial charge is 0.491 e. The van der Waals surface area contributed by atoms with Crippen molar-refractivity contribution in [2.45, 2.75) is 13.8 Å². The number of hydrogen-bond acceptors (Lipinski definition) is 8. The van der Waals surface area contributed by atoms with Gasteiger partial charge in [-0.3, -0.25) is 14.9 Å². The molecule has 9 nitrogen and oxygen atoms in total. The fourth-order valence-corrected chi connectivity index (χ4v) is 4.96. The molecule has 10 heteroatoms. The average molecular weight is 532 g/mol. The fourth-order valence-electron chi connectivity index (χ4n) is 3.98. The minimum absolute atomic E-state index is 0.0948. The molecule has 2 aromatic heterocycles. The van der Waals surface area contributed by atoms with Gasteiger partial charge in [-0.2, -0.15) is 0 Å². The Morgan fingerprint density at radius 3 is 2.55 bits per heavy atom. The fraction of sp³-hybridized carbons (Fsp3) is 0.214. The number of nitro benzene ring substituents is 1. The van der Waals surface area contributed by atoms with E-state index in [1.807, 2.05) is 49.4 Å². The number of fused-ring (bicyclic) bond motifs is 3. The molecule has 3 aromatic carbocycles. The molecule has 0 atom stereocenters. The van der Waals surface area contributed by atoms with E-state index >= 15 is 0 Å². The van der Waals surface area contributed by atoms with E-state index in [0.29, 0.717) is 40.6 Å². The van der Waals surface area contributed by atoms with Gasteiger partial charge < -0.3 is 14.2 Å². The molecule has 0 saturated carbocycles. The molecule has 5 aromatic rings. The van der Waals surface area contributed by atoms with Crippen LogP contribution >= 0.6 is 11.3 Å². The molecule has 0 aliphatic carbocycles. The first kappa shape index (κ1) is 25.4. The van der Waals surface area contributed by atoms with Crippen LogP contribution in [0.2, 0.25) is 0 Å². The summed E-state index contributed by atoms with van der Waals surface area (Å²) in [6.45, 7) is 5.41. The number of rotatable bonds is 10. The van der Waals surface area contributed by atoms with Crippen LogP contribution in [0.4, 0.5) is 5.69 Å². The highest BCUT2D eigenvalue weighted by Crippen LogP contribution is 2.25. The molecule has 2 heterocycles. The molecule has 0 bridgehead atoms. The average Bonchev–Trinajstić information content (AvgIpc) is 3.41. The van der Waals surface area contributed by atoms with Crippen molar-refractivity contribution in [3.63, 3.8) is 0 Å². The van der Waals surface area contributed by atoms with Crippen LogP contribution in [0.5, 0.6) is 11.5 Å². The summed E-state index contributed by atoms with van der Waals surface area (Å²) in [6, 6.07) is 17.6. The molecule has 0 N–H and O–H groups in total. The first-order chi connectivity index (χ1) is 18.4. The Bertz CT molecular complexity index is 1740. The molecule has 194 valence electrons. The smallest absolute Gasteiger partial charge is 0.274 e. The van der Waals surface area contributed by atoms with Crippen molar-refractivity contribution >= 4 is 39.1 Å². The molecule has 38 heavy (non-hydrogen) atoms. The van der Waals surface area contributed by atoms with Crippen molar-refractivity contribution in [1.29, 1.82) is 0 Å². The van der Waals surface area contributed by atoms with Gasteiger partial charge >= 0.3 is 0 Å². The summed E-state index contributed by atoms with van der Waals surface area (Å²) in [7, 11) is 0. The van der Waals surface area contributed by atoms with E-state index in [1.54, 1.807) is 10.5 Å². The molecule has 0 aliphatic heterocycles. The van der Waals surface area contributed by atoms with Gasteiger partial charge in [-0.15, -0.1) is 0 Å². The van der Waals surface area contributed by atoms with E-state index in [0.717, 1.165) is 16.8 Å². The van der Waals surface area contributed by atoms with Crippen molar-refractivity contribution in [3.8, 4) is 11.5 Å². The Balaban J connectivity index is 1.27. The number of aryl methyl sites for hydroxylation is 2. The van der Waals surface area contributed by atoms with Crippen LogP contribution in [0.15, 0.2) is 65.5 Å². The predicted octanol–water partition coefficient (Wildman–Crippen LogP) is 4.46. The van der Waals surface area contributed by atoms with Gasteiger partial charge in [0.2, 0.25) is 0 Å². The minimum atomic E-state index is -0.480. The number of hydrogen-bond donors (Lipinski definition) is 0. The topological polar surface area (TPSA) is 105 Å². The number of thiazole rings is 1. The Kier molecular flexibility index (Phi) is 7.34. The summed E-state index contributed by atoms with van der Waals surface area (Å²) in [5, 5.41) is 11.4. The Morgan fingerprint density at radius 2 is 1.76 bits per heavy atom. The van der Waals surface area contributed by atoms with Crippen LogP contribution < -0.4 is 19.6 Å². The number of para-hydroxylation sites is 2. The summed E-state index contributed by atoms with van der Waals surface area (Å²) in [5.74, 6) is 1.21. The highest BCUT2D eigenvalue weighted by molar-refractivity contribution is 7.15. The zero-order valence-electron chi connectivity index (χ0n) is 20.9. The quantitative estimate of drug-likeness (QED) is 0.149. The van der Waals surface area contributed by atoms with Gasteiger partial charge in [0.05, 0.1) is 33.7 Å². The maximum atomic E-state index is 13.1. The van der Waals surface area contributed by atoms with Crippen molar-refractivity contribution in [1.82, 2.24) is 9.38 Å². The van der Waals surface area contributed by atoms with E-state index < -0.39 is 4.92 Å². The Labute approximate surface area is 221 Å². The second kappa shape index (κ2) is 11.0. The highest BCUT2D eigenvalue weighted by atomic mass is 32.1. The first-order valence-electron chi connectivity index (χ1n) is 12.0. The minimum Gasteiger partial charge on any atom is -0.491 e.